The van der Waals surface area contributed by atoms with Crippen LogP contribution in [0.4, 0.5) is 0 Å². The third-order valence-corrected chi connectivity index (χ3v) is 6.50. The van der Waals surface area contributed by atoms with Crippen molar-refractivity contribution in [1.29, 1.82) is 0 Å². The molecular formula is C20H40OS. The molecule has 0 aromatic heterocycles. The Morgan fingerprint density at radius 3 is 1.77 bits per heavy atom. The molecule has 1 aliphatic carbocycles. The summed E-state index contributed by atoms with van der Waals surface area (Å²) in [5.41, 5.74) is 0. The van der Waals surface area contributed by atoms with E-state index >= 15 is 0 Å². The minimum absolute atomic E-state index is 0.0175. The van der Waals surface area contributed by atoms with Gasteiger partial charge in [-0.1, -0.05) is 90.4 Å². The van der Waals surface area contributed by atoms with Crippen LogP contribution in [0, 0.1) is 0 Å². The zero-order valence-electron chi connectivity index (χ0n) is 15.0. The lowest BCUT2D eigenvalue weighted by molar-refractivity contribution is 0.137. The number of hydrogen-bond acceptors (Lipinski definition) is 2. The van der Waals surface area contributed by atoms with Gasteiger partial charge >= 0.3 is 0 Å². The maximum Gasteiger partial charge on any atom is 0.0658 e. The minimum atomic E-state index is -0.0175. The summed E-state index contributed by atoms with van der Waals surface area (Å²) in [6.07, 6.45) is 21.9. The molecule has 2 atom stereocenters. The summed E-state index contributed by atoms with van der Waals surface area (Å²) in [5.74, 6) is 1.26. The first-order valence-electron chi connectivity index (χ1n) is 10.1. The van der Waals surface area contributed by atoms with Gasteiger partial charge in [0, 0.05) is 5.25 Å². The van der Waals surface area contributed by atoms with Crippen molar-refractivity contribution in [1.82, 2.24) is 0 Å². The Kier molecular flexibility index (Phi) is 13.8. The Balaban J connectivity index is 1.74. The predicted octanol–water partition coefficient (Wildman–Crippen LogP) is 6.72. The van der Waals surface area contributed by atoms with Crippen molar-refractivity contribution in [3.05, 3.63) is 0 Å². The van der Waals surface area contributed by atoms with Gasteiger partial charge in [-0.3, -0.25) is 0 Å². The molecule has 2 unspecified atom stereocenters. The standard InChI is InChI=1S/C20H40OS/c1-2-3-4-5-6-7-8-9-10-11-12-15-18-22-20-17-14-13-16-19(20)21/h19-21H,2-18H2,1H3. The van der Waals surface area contributed by atoms with E-state index in [2.05, 4.69) is 6.92 Å². The van der Waals surface area contributed by atoms with Crippen LogP contribution in [0.5, 0.6) is 0 Å². The van der Waals surface area contributed by atoms with Crippen LogP contribution in [0.15, 0.2) is 0 Å². The van der Waals surface area contributed by atoms with Crippen LogP contribution in [-0.4, -0.2) is 22.2 Å². The van der Waals surface area contributed by atoms with E-state index in [0.29, 0.717) is 5.25 Å². The summed E-state index contributed by atoms with van der Waals surface area (Å²) in [6.45, 7) is 2.29. The second-order valence-corrected chi connectivity index (χ2v) is 8.50. The maximum atomic E-state index is 9.94. The number of rotatable bonds is 14. The minimum Gasteiger partial charge on any atom is -0.392 e. The Labute approximate surface area is 144 Å². The Morgan fingerprint density at radius 1 is 0.727 bits per heavy atom. The lowest BCUT2D eigenvalue weighted by atomic mass is 9.97. The topological polar surface area (TPSA) is 20.2 Å². The van der Waals surface area contributed by atoms with Crippen LogP contribution in [0.25, 0.3) is 0 Å². The maximum absolute atomic E-state index is 9.94. The van der Waals surface area contributed by atoms with Crippen LogP contribution in [0.1, 0.15) is 110 Å². The fourth-order valence-electron chi connectivity index (χ4n) is 3.45. The molecule has 1 nitrogen and oxygen atoms in total. The average molecular weight is 329 g/mol. The highest BCUT2D eigenvalue weighted by atomic mass is 32.2. The van der Waals surface area contributed by atoms with E-state index in [1.807, 2.05) is 11.8 Å². The largest absolute Gasteiger partial charge is 0.392 e. The summed E-state index contributed by atoms with van der Waals surface area (Å²) >= 11 is 2.04. The molecule has 132 valence electrons. The average Bonchev–Trinajstić information content (AvgIpc) is 2.53. The third-order valence-electron chi connectivity index (χ3n) is 5.00. The van der Waals surface area contributed by atoms with Gasteiger partial charge in [-0.25, -0.2) is 0 Å². The van der Waals surface area contributed by atoms with E-state index in [4.69, 9.17) is 0 Å². The lowest BCUT2D eigenvalue weighted by Crippen LogP contribution is -2.27. The molecule has 0 aromatic carbocycles. The van der Waals surface area contributed by atoms with E-state index in [-0.39, 0.29) is 6.10 Å². The highest BCUT2D eigenvalue weighted by Gasteiger charge is 2.22. The van der Waals surface area contributed by atoms with Gasteiger partial charge in [0.05, 0.1) is 6.10 Å². The third kappa shape index (κ3) is 10.9. The summed E-state index contributed by atoms with van der Waals surface area (Å²) in [7, 11) is 0. The molecule has 1 fully saturated rings. The van der Waals surface area contributed by atoms with Gasteiger partial charge in [-0.05, 0) is 25.0 Å². The van der Waals surface area contributed by atoms with Crippen LogP contribution in [0.3, 0.4) is 0 Å². The van der Waals surface area contributed by atoms with Crippen LogP contribution < -0.4 is 0 Å². The second kappa shape index (κ2) is 14.9. The van der Waals surface area contributed by atoms with Crippen molar-refractivity contribution in [3.8, 4) is 0 Å². The Bertz CT molecular complexity index is 232. The Hall–Kier alpha value is 0.310. The quantitative estimate of drug-likeness (QED) is 0.357. The van der Waals surface area contributed by atoms with Crippen molar-refractivity contribution >= 4 is 11.8 Å². The van der Waals surface area contributed by atoms with Crippen molar-refractivity contribution in [2.75, 3.05) is 5.75 Å². The first kappa shape index (κ1) is 20.4. The van der Waals surface area contributed by atoms with Crippen molar-refractivity contribution in [3.63, 3.8) is 0 Å². The van der Waals surface area contributed by atoms with Gasteiger partial charge in [-0.15, -0.1) is 0 Å². The van der Waals surface area contributed by atoms with E-state index in [1.165, 1.54) is 102 Å². The molecule has 0 saturated heterocycles. The summed E-state index contributed by atoms with van der Waals surface area (Å²) in [5, 5.41) is 10.5. The number of aliphatic hydroxyl groups excluding tert-OH is 1. The van der Waals surface area contributed by atoms with Gasteiger partial charge in [0.2, 0.25) is 0 Å². The molecule has 1 rings (SSSR count). The molecule has 1 aliphatic rings. The number of aliphatic hydroxyl groups is 1. The highest BCUT2D eigenvalue weighted by Crippen LogP contribution is 2.29. The van der Waals surface area contributed by atoms with Crippen LogP contribution in [0.2, 0.25) is 0 Å². The molecule has 0 spiro atoms. The lowest BCUT2D eigenvalue weighted by Gasteiger charge is -2.26. The first-order chi connectivity index (χ1) is 10.8. The van der Waals surface area contributed by atoms with Crippen molar-refractivity contribution in [2.24, 2.45) is 0 Å². The molecule has 0 bridgehead atoms. The molecule has 0 aliphatic heterocycles. The molecule has 22 heavy (non-hydrogen) atoms. The number of hydrogen-bond donors (Lipinski definition) is 1. The van der Waals surface area contributed by atoms with Crippen molar-refractivity contribution in [2.45, 2.75) is 121 Å². The summed E-state index contributed by atoms with van der Waals surface area (Å²) in [6, 6.07) is 0. The molecule has 0 heterocycles. The molecule has 1 N–H and O–H groups in total. The monoisotopic (exact) mass is 328 g/mol. The zero-order valence-corrected chi connectivity index (χ0v) is 15.8. The van der Waals surface area contributed by atoms with E-state index in [9.17, 15) is 5.11 Å². The van der Waals surface area contributed by atoms with E-state index < -0.39 is 0 Å². The normalized spacial score (nSPS) is 22.1. The fraction of sp³-hybridized carbons (Fsp3) is 1.00. The van der Waals surface area contributed by atoms with Gasteiger partial charge in [0.25, 0.3) is 0 Å². The van der Waals surface area contributed by atoms with E-state index in [0.717, 1.165) is 6.42 Å². The van der Waals surface area contributed by atoms with Crippen LogP contribution in [-0.2, 0) is 0 Å². The Morgan fingerprint density at radius 2 is 1.23 bits per heavy atom. The molecule has 1 saturated carbocycles. The number of unbranched alkanes of at least 4 members (excludes halogenated alkanes) is 11. The SMILES string of the molecule is CCCCCCCCCCCCCCSC1CCCCC1O. The zero-order chi connectivity index (χ0) is 15.9. The molecule has 0 amide bonds. The smallest absolute Gasteiger partial charge is 0.0658 e. The predicted molar refractivity (Wildman–Crippen MR) is 102 cm³/mol. The number of thioether (sulfide) groups is 1. The molecule has 2 heteroatoms. The van der Waals surface area contributed by atoms with Gasteiger partial charge in [0.1, 0.15) is 0 Å². The van der Waals surface area contributed by atoms with Gasteiger partial charge in [-0.2, -0.15) is 11.8 Å². The second-order valence-electron chi connectivity index (χ2n) is 7.15. The van der Waals surface area contributed by atoms with Gasteiger partial charge in [0.15, 0.2) is 0 Å². The van der Waals surface area contributed by atoms with Crippen LogP contribution >= 0.6 is 11.8 Å². The highest BCUT2D eigenvalue weighted by molar-refractivity contribution is 7.99. The van der Waals surface area contributed by atoms with Gasteiger partial charge < -0.3 is 5.11 Å². The van der Waals surface area contributed by atoms with E-state index in [1.54, 1.807) is 0 Å². The first-order valence-corrected chi connectivity index (χ1v) is 11.2. The molecular weight excluding hydrogens is 288 g/mol. The molecule has 0 aromatic rings. The van der Waals surface area contributed by atoms with Crippen molar-refractivity contribution < 1.29 is 5.11 Å². The fourth-order valence-corrected chi connectivity index (χ4v) is 4.81. The summed E-state index contributed by atoms with van der Waals surface area (Å²) in [4.78, 5) is 0. The molecule has 0 radical (unpaired) electrons. The summed E-state index contributed by atoms with van der Waals surface area (Å²) < 4.78 is 0.